The Morgan fingerprint density at radius 1 is 1.42 bits per heavy atom. The van der Waals surface area contributed by atoms with Gasteiger partial charge in [-0.05, 0) is 37.3 Å². The third-order valence-electron chi connectivity index (χ3n) is 3.11. The Morgan fingerprint density at radius 2 is 2.21 bits per heavy atom. The summed E-state index contributed by atoms with van der Waals surface area (Å²) in [6, 6.07) is 5.46. The van der Waals surface area contributed by atoms with Crippen molar-refractivity contribution in [2.75, 3.05) is 5.32 Å². The van der Waals surface area contributed by atoms with E-state index in [-0.39, 0.29) is 17.3 Å². The minimum absolute atomic E-state index is 0.173. The molecule has 1 N–H and O–H groups in total. The molecule has 2 rings (SSSR count). The van der Waals surface area contributed by atoms with Crippen molar-refractivity contribution in [3.05, 3.63) is 44.7 Å². The maximum absolute atomic E-state index is 12.0. The van der Waals surface area contributed by atoms with Gasteiger partial charge in [0.2, 0.25) is 0 Å². The molecule has 24 heavy (non-hydrogen) atoms. The Bertz CT molecular complexity index is 707. The highest BCUT2D eigenvalue weighted by molar-refractivity contribution is 7.09. The predicted molar refractivity (Wildman–Crippen MR) is 95.7 cm³/mol. The lowest BCUT2D eigenvalue weighted by atomic mass is 10.2. The quantitative estimate of drug-likeness (QED) is 0.718. The van der Waals surface area contributed by atoms with Crippen molar-refractivity contribution in [3.8, 4) is 0 Å². The summed E-state index contributed by atoms with van der Waals surface area (Å²) in [5, 5.41) is 5.08. The molecule has 0 aliphatic rings. The predicted octanol–water partition coefficient (Wildman–Crippen LogP) is 4.34. The van der Waals surface area contributed by atoms with Crippen molar-refractivity contribution in [2.24, 2.45) is 0 Å². The number of esters is 1. The molecule has 0 spiro atoms. The number of hydrogen-bond donors (Lipinski definition) is 1. The van der Waals surface area contributed by atoms with E-state index in [4.69, 9.17) is 27.9 Å². The van der Waals surface area contributed by atoms with Gasteiger partial charge in [0.25, 0.3) is 5.91 Å². The minimum Gasteiger partial charge on any atom is -0.453 e. The van der Waals surface area contributed by atoms with Gasteiger partial charge in [-0.15, -0.1) is 11.3 Å². The molecule has 0 bridgehead atoms. The Hall–Kier alpha value is -1.63. The fraction of sp³-hybridized carbons (Fsp3) is 0.312. The summed E-state index contributed by atoms with van der Waals surface area (Å²) in [5.74, 6) is -0.741. The van der Waals surface area contributed by atoms with E-state index in [1.165, 1.54) is 24.1 Å². The topological polar surface area (TPSA) is 68.3 Å². The maximum atomic E-state index is 12.0. The molecular weight excluding hydrogens is 371 g/mol. The molecule has 2 heterocycles. The summed E-state index contributed by atoms with van der Waals surface area (Å²) in [4.78, 5) is 29.0. The van der Waals surface area contributed by atoms with Crippen LogP contribution in [0, 0.1) is 0 Å². The van der Waals surface area contributed by atoms with Crippen LogP contribution in [0.2, 0.25) is 10.0 Å². The van der Waals surface area contributed by atoms with Crippen LogP contribution >= 0.6 is 34.5 Å². The van der Waals surface area contributed by atoms with Crippen molar-refractivity contribution >= 4 is 52.2 Å². The van der Waals surface area contributed by atoms with Crippen LogP contribution in [0.4, 0.5) is 5.82 Å². The molecule has 0 fully saturated rings. The molecule has 1 amide bonds. The van der Waals surface area contributed by atoms with E-state index >= 15 is 0 Å². The van der Waals surface area contributed by atoms with Crippen molar-refractivity contribution in [2.45, 2.75) is 32.3 Å². The Kier molecular flexibility index (Phi) is 7.02. The van der Waals surface area contributed by atoms with Crippen molar-refractivity contribution in [3.63, 3.8) is 0 Å². The number of aromatic nitrogens is 1. The molecule has 1 atom stereocenters. The standard InChI is InChI=1S/C16H16Cl2N2O3S/c1-10(16(22)20-15-13(18)8-11(17)9-19-15)23-14(21)6-2-4-12-5-3-7-24-12/h3,5,7-10H,2,4,6H2,1H3,(H,19,20,22)/t10-/m1/s1. The first kappa shape index (κ1) is 18.7. The van der Waals surface area contributed by atoms with E-state index in [2.05, 4.69) is 10.3 Å². The monoisotopic (exact) mass is 386 g/mol. The van der Waals surface area contributed by atoms with Crippen LogP contribution in [-0.4, -0.2) is 23.0 Å². The van der Waals surface area contributed by atoms with Gasteiger partial charge in [0, 0.05) is 17.5 Å². The van der Waals surface area contributed by atoms with Gasteiger partial charge in [0.1, 0.15) is 0 Å². The minimum atomic E-state index is -0.937. The molecule has 2 aromatic rings. The summed E-state index contributed by atoms with van der Waals surface area (Å²) in [6.07, 6.45) is 2.18. The first-order valence-corrected chi connectivity index (χ1v) is 8.93. The Labute approximate surface area is 153 Å². The average molecular weight is 387 g/mol. The van der Waals surface area contributed by atoms with Crippen molar-refractivity contribution in [1.82, 2.24) is 4.98 Å². The Morgan fingerprint density at radius 3 is 2.88 bits per heavy atom. The normalized spacial score (nSPS) is 11.8. The molecule has 0 saturated carbocycles. The summed E-state index contributed by atoms with van der Waals surface area (Å²) in [7, 11) is 0. The third kappa shape index (κ3) is 5.78. The van der Waals surface area contributed by atoms with Gasteiger partial charge >= 0.3 is 5.97 Å². The fourth-order valence-electron chi connectivity index (χ4n) is 1.90. The number of carbonyl (C=O) groups excluding carboxylic acids is 2. The number of aryl methyl sites for hydroxylation is 1. The summed E-state index contributed by atoms with van der Waals surface area (Å²) >= 11 is 13.3. The highest BCUT2D eigenvalue weighted by atomic mass is 35.5. The SMILES string of the molecule is C[C@@H](OC(=O)CCCc1cccs1)C(=O)Nc1ncc(Cl)cc1Cl. The van der Waals surface area contributed by atoms with Crippen LogP contribution in [0.15, 0.2) is 29.8 Å². The van der Waals surface area contributed by atoms with Crippen molar-refractivity contribution < 1.29 is 14.3 Å². The molecule has 0 aliphatic heterocycles. The molecule has 0 aliphatic carbocycles. The molecule has 0 unspecified atom stereocenters. The smallest absolute Gasteiger partial charge is 0.306 e. The van der Waals surface area contributed by atoms with E-state index in [9.17, 15) is 9.59 Å². The largest absolute Gasteiger partial charge is 0.453 e. The second-order valence-electron chi connectivity index (χ2n) is 5.04. The molecule has 5 nitrogen and oxygen atoms in total. The summed E-state index contributed by atoms with van der Waals surface area (Å²) < 4.78 is 5.12. The van der Waals surface area contributed by atoms with Crippen LogP contribution in [0.1, 0.15) is 24.6 Å². The number of halogens is 2. The number of amides is 1. The number of anilines is 1. The van der Waals surface area contributed by atoms with Gasteiger partial charge < -0.3 is 10.1 Å². The molecular formula is C16H16Cl2N2O3S. The van der Waals surface area contributed by atoms with E-state index in [0.29, 0.717) is 11.4 Å². The maximum Gasteiger partial charge on any atom is 0.306 e. The van der Waals surface area contributed by atoms with Gasteiger partial charge in [0.05, 0.1) is 10.0 Å². The zero-order chi connectivity index (χ0) is 17.5. The lowest BCUT2D eigenvalue weighted by molar-refractivity contribution is -0.153. The van der Waals surface area contributed by atoms with Crippen molar-refractivity contribution in [1.29, 1.82) is 0 Å². The van der Waals surface area contributed by atoms with Crippen LogP contribution in [0.5, 0.6) is 0 Å². The number of pyridine rings is 1. The van der Waals surface area contributed by atoms with Gasteiger partial charge in [-0.3, -0.25) is 9.59 Å². The highest BCUT2D eigenvalue weighted by Crippen LogP contribution is 2.22. The Balaban J connectivity index is 1.76. The van der Waals surface area contributed by atoms with E-state index < -0.39 is 18.0 Å². The number of rotatable bonds is 7. The number of nitrogens with one attached hydrogen (secondary N) is 1. The number of carbonyl (C=O) groups is 2. The number of thiophene rings is 1. The fourth-order valence-corrected chi connectivity index (χ4v) is 3.07. The summed E-state index contributed by atoms with van der Waals surface area (Å²) in [5.41, 5.74) is 0. The van der Waals surface area contributed by atoms with Crippen LogP contribution in [0.25, 0.3) is 0 Å². The lowest BCUT2D eigenvalue weighted by Crippen LogP contribution is -2.30. The zero-order valence-electron chi connectivity index (χ0n) is 12.9. The van der Waals surface area contributed by atoms with Gasteiger partial charge in [-0.2, -0.15) is 0 Å². The second kappa shape index (κ2) is 9.01. The van der Waals surface area contributed by atoms with Gasteiger partial charge in [0.15, 0.2) is 11.9 Å². The zero-order valence-corrected chi connectivity index (χ0v) is 15.2. The molecule has 2 aromatic heterocycles. The molecule has 8 heteroatoms. The molecule has 128 valence electrons. The van der Waals surface area contributed by atoms with Crippen LogP contribution < -0.4 is 5.32 Å². The molecule has 0 saturated heterocycles. The number of nitrogens with zero attached hydrogens (tertiary/aromatic N) is 1. The highest BCUT2D eigenvalue weighted by Gasteiger charge is 2.19. The summed E-state index contributed by atoms with van der Waals surface area (Å²) in [6.45, 7) is 1.50. The van der Waals surface area contributed by atoms with Crippen LogP contribution in [-0.2, 0) is 20.7 Å². The van der Waals surface area contributed by atoms with E-state index in [0.717, 1.165) is 6.42 Å². The molecule has 0 aromatic carbocycles. The second-order valence-corrected chi connectivity index (χ2v) is 6.91. The van der Waals surface area contributed by atoms with Gasteiger partial charge in [-0.25, -0.2) is 4.98 Å². The first-order valence-electron chi connectivity index (χ1n) is 7.29. The molecule has 0 radical (unpaired) electrons. The van der Waals surface area contributed by atoms with Crippen LogP contribution in [0.3, 0.4) is 0 Å². The van der Waals surface area contributed by atoms with E-state index in [1.54, 1.807) is 11.3 Å². The third-order valence-corrected chi connectivity index (χ3v) is 4.54. The number of ether oxygens (including phenoxy) is 1. The first-order chi connectivity index (χ1) is 11.5. The average Bonchev–Trinajstić information content (AvgIpc) is 3.03. The lowest BCUT2D eigenvalue weighted by Gasteiger charge is -2.13. The van der Waals surface area contributed by atoms with Gasteiger partial charge in [-0.1, -0.05) is 29.3 Å². The number of hydrogen-bond acceptors (Lipinski definition) is 5. The van der Waals surface area contributed by atoms with E-state index in [1.807, 2.05) is 17.5 Å².